The van der Waals surface area contributed by atoms with Gasteiger partial charge in [-0.25, -0.2) is 0 Å². The van der Waals surface area contributed by atoms with E-state index < -0.39 is 5.54 Å². The Bertz CT molecular complexity index is 612. The molecule has 7 heteroatoms. The van der Waals surface area contributed by atoms with E-state index in [-0.39, 0.29) is 0 Å². The standard InChI is InChI=1S/C13H18BrN5O/c1-7(2)9-8(14)10(18-17-9)11-16-12(19-20-11)13(15)5-3-4-6-13/h7H,3-6,15H2,1-2H3,(H,17,18). The van der Waals surface area contributed by atoms with Crippen molar-refractivity contribution in [2.24, 2.45) is 5.73 Å². The normalized spacial score (nSPS) is 18.1. The van der Waals surface area contributed by atoms with E-state index in [1.165, 1.54) is 0 Å². The van der Waals surface area contributed by atoms with Crippen molar-refractivity contribution in [2.45, 2.75) is 51.0 Å². The molecule has 2 heterocycles. The van der Waals surface area contributed by atoms with Gasteiger partial charge in [0.2, 0.25) is 0 Å². The molecule has 3 rings (SSSR count). The van der Waals surface area contributed by atoms with Gasteiger partial charge in [-0.1, -0.05) is 31.8 Å². The van der Waals surface area contributed by atoms with E-state index >= 15 is 0 Å². The summed E-state index contributed by atoms with van der Waals surface area (Å²) in [6.45, 7) is 4.18. The largest absolute Gasteiger partial charge is 0.332 e. The maximum atomic E-state index is 6.34. The number of rotatable bonds is 3. The van der Waals surface area contributed by atoms with Crippen molar-refractivity contribution >= 4 is 15.9 Å². The van der Waals surface area contributed by atoms with Crippen molar-refractivity contribution in [2.75, 3.05) is 0 Å². The molecule has 108 valence electrons. The molecule has 0 atom stereocenters. The van der Waals surface area contributed by atoms with Gasteiger partial charge in [0, 0.05) is 0 Å². The summed E-state index contributed by atoms with van der Waals surface area (Å²) in [6, 6.07) is 0. The highest BCUT2D eigenvalue weighted by atomic mass is 79.9. The van der Waals surface area contributed by atoms with Gasteiger partial charge in [-0.2, -0.15) is 10.1 Å². The van der Waals surface area contributed by atoms with E-state index in [2.05, 4.69) is 50.1 Å². The fourth-order valence-corrected chi connectivity index (χ4v) is 3.42. The van der Waals surface area contributed by atoms with Crippen LogP contribution >= 0.6 is 15.9 Å². The summed E-state index contributed by atoms with van der Waals surface area (Å²) in [7, 11) is 0. The molecular weight excluding hydrogens is 322 g/mol. The third-order valence-corrected chi connectivity index (χ3v) is 4.68. The Morgan fingerprint density at radius 2 is 2.05 bits per heavy atom. The number of nitrogens with one attached hydrogen (secondary N) is 1. The van der Waals surface area contributed by atoms with Crippen LogP contribution in [0, 0.1) is 0 Å². The van der Waals surface area contributed by atoms with Crippen LogP contribution in [0.15, 0.2) is 9.00 Å². The summed E-state index contributed by atoms with van der Waals surface area (Å²) in [6.07, 6.45) is 4.05. The van der Waals surface area contributed by atoms with Gasteiger partial charge >= 0.3 is 0 Å². The molecule has 0 bridgehead atoms. The van der Waals surface area contributed by atoms with Crippen LogP contribution < -0.4 is 5.73 Å². The highest BCUT2D eigenvalue weighted by Crippen LogP contribution is 2.37. The first-order valence-corrected chi connectivity index (χ1v) is 7.68. The van der Waals surface area contributed by atoms with Gasteiger partial charge in [0.05, 0.1) is 15.7 Å². The second kappa shape index (κ2) is 4.96. The molecule has 0 amide bonds. The van der Waals surface area contributed by atoms with Crippen LogP contribution in [0.3, 0.4) is 0 Å². The Morgan fingerprint density at radius 3 is 2.65 bits per heavy atom. The zero-order chi connectivity index (χ0) is 14.3. The minimum atomic E-state index is -0.439. The van der Waals surface area contributed by atoms with E-state index in [4.69, 9.17) is 10.3 Å². The molecule has 1 fully saturated rings. The smallest absolute Gasteiger partial charge is 0.279 e. The van der Waals surface area contributed by atoms with Gasteiger partial charge in [-0.15, -0.1) is 0 Å². The van der Waals surface area contributed by atoms with E-state index in [1.807, 2.05) is 0 Å². The first-order chi connectivity index (χ1) is 9.51. The Hall–Kier alpha value is -1.21. The number of aromatic nitrogens is 4. The predicted molar refractivity (Wildman–Crippen MR) is 78.0 cm³/mol. The Labute approximate surface area is 125 Å². The molecule has 1 aliphatic carbocycles. The topological polar surface area (TPSA) is 93.6 Å². The minimum Gasteiger partial charge on any atom is -0.332 e. The number of nitrogens with two attached hydrogens (primary N) is 1. The van der Waals surface area contributed by atoms with Crippen LogP contribution in [-0.2, 0) is 5.54 Å². The average molecular weight is 340 g/mol. The predicted octanol–water partition coefficient (Wildman–Crippen LogP) is 3.07. The van der Waals surface area contributed by atoms with Crippen LogP contribution in [0.4, 0.5) is 0 Å². The van der Waals surface area contributed by atoms with Crippen LogP contribution in [0.2, 0.25) is 0 Å². The van der Waals surface area contributed by atoms with Crippen molar-refractivity contribution in [1.29, 1.82) is 0 Å². The summed E-state index contributed by atoms with van der Waals surface area (Å²) in [5.41, 5.74) is 7.56. The van der Waals surface area contributed by atoms with Gasteiger partial charge in [0.15, 0.2) is 11.5 Å². The van der Waals surface area contributed by atoms with Crippen molar-refractivity contribution in [1.82, 2.24) is 20.3 Å². The van der Waals surface area contributed by atoms with Gasteiger partial charge in [0.1, 0.15) is 0 Å². The lowest BCUT2D eigenvalue weighted by atomic mass is 9.99. The lowest BCUT2D eigenvalue weighted by molar-refractivity contribution is 0.372. The third-order valence-electron chi connectivity index (χ3n) is 3.88. The van der Waals surface area contributed by atoms with Crippen LogP contribution in [0.1, 0.15) is 57.0 Å². The lowest BCUT2D eigenvalue weighted by Gasteiger charge is -2.17. The maximum absolute atomic E-state index is 6.34. The minimum absolute atomic E-state index is 0.337. The highest BCUT2D eigenvalue weighted by molar-refractivity contribution is 9.10. The summed E-state index contributed by atoms with van der Waals surface area (Å²) >= 11 is 3.54. The molecular formula is C13H18BrN5O. The number of hydrogen-bond acceptors (Lipinski definition) is 5. The first-order valence-electron chi connectivity index (χ1n) is 6.88. The molecule has 6 nitrogen and oxygen atoms in total. The van der Waals surface area contributed by atoms with E-state index in [1.54, 1.807) is 0 Å². The molecule has 0 spiro atoms. The molecule has 0 saturated heterocycles. The molecule has 0 aliphatic heterocycles. The molecule has 0 aromatic carbocycles. The number of hydrogen-bond donors (Lipinski definition) is 2. The zero-order valence-corrected chi connectivity index (χ0v) is 13.2. The summed E-state index contributed by atoms with van der Waals surface area (Å²) < 4.78 is 6.22. The van der Waals surface area contributed by atoms with Crippen LogP contribution in [0.5, 0.6) is 0 Å². The monoisotopic (exact) mass is 339 g/mol. The van der Waals surface area contributed by atoms with Crippen molar-refractivity contribution in [3.63, 3.8) is 0 Å². The molecule has 20 heavy (non-hydrogen) atoms. The zero-order valence-electron chi connectivity index (χ0n) is 11.6. The molecule has 1 saturated carbocycles. The fourth-order valence-electron chi connectivity index (χ4n) is 2.62. The quantitative estimate of drug-likeness (QED) is 0.896. The first kappa shape index (κ1) is 13.8. The SMILES string of the molecule is CC(C)c1[nH]nc(-c2nc(C3(N)CCCC3)no2)c1Br. The van der Waals surface area contributed by atoms with Crippen molar-refractivity contribution in [3.05, 3.63) is 16.0 Å². The highest BCUT2D eigenvalue weighted by Gasteiger charge is 2.36. The van der Waals surface area contributed by atoms with E-state index in [0.717, 1.165) is 35.8 Å². The van der Waals surface area contributed by atoms with Crippen LogP contribution in [0.25, 0.3) is 11.6 Å². The second-order valence-corrected chi connectivity index (χ2v) is 6.53. The van der Waals surface area contributed by atoms with Crippen molar-refractivity contribution in [3.8, 4) is 11.6 Å². The molecule has 3 N–H and O–H groups in total. The summed E-state index contributed by atoms with van der Waals surface area (Å²) in [4.78, 5) is 4.45. The Kier molecular flexibility index (Phi) is 3.41. The Balaban J connectivity index is 1.94. The molecule has 0 unspecified atom stereocenters. The fraction of sp³-hybridized carbons (Fsp3) is 0.615. The lowest BCUT2D eigenvalue weighted by Crippen LogP contribution is -2.34. The Morgan fingerprint density at radius 1 is 1.35 bits per heavy atom. The number of halogens is 1. The molecule has 0 radical (unpaired) electrons. The van der Waals surface area contributed by atoms with E-state index in [9.17, 15) is 0 Å². The van der Waals surface area contributed by atoms with Gasteiger partial charge in [0.25, 0.3) is 5.89 Å². The molecule has 2 aromatic heterocycles. The summed E-state index contributed by atoms with van der Waals surface area (Å²) in [5.74, 6) is 1.33. The average Bonchev–Trinajstić information content (AvgIpc) is 3.07. The number of nitrogens with zero attached hydrogens (tertiary/aromatic N) is 3. The molecule has 2 aromatic rings. The van der Waals surface area contributed by atoms with Gasteiger partial charge < -0.3 is 10.3 Å². The van der Waals surface area contributed by atoms with Crippen molar-refractivity contribution < 1.29 is 4.52 Å². The van der Waals surface area contributed by atoms with Gasteiger partial charge in [-0.3, -0.25) is 5.10 Å². The maximum Gasteiger partial charge on any atom is 0.279 e. The van der Waals surface area contributed by atoms with E-state index in [0.29, 0.717) is 23.3 Å². The number of aromatic amines is 1. The summed E-state index contributed by atoms with van der Waals surface area (Å²) in [5, 5.41) is 11.3. The van der Waals surface area contributed by atoms with Crippen LogP contribution in [-0.4, -0.2) is 20.3 Å². The number of H-pyrrole nitrogens is 1. The van der Waals surface area contributed by atoms with Gasteiger partial charge in [-0.05, 0) is 34.7 Å². The molecule has 1 aliphatic rings. The second-order valence-electron chi connectivity index (χ2n) is 5.74. The third kappa shape index (κ3) is 2.18.